The molecular weight excluding hydrogens is 388 g/mol. The second kappa shape index (κ2) is 7.72. The van der Waals surface area contributed by atoms with Crippen molar-refractivity contribution in [3.8, 4) is 0 Å². The lowest BCUT2D eigenvalue weighted by molar-refractivity contribution is 0.0625. The number of fused-ring (bicyclic) bond motifs is 1. The number of likely N-dealkylation sites (tertiary alicyclic amines) is 1. The number of aromatic nitrogens is 2. The van der Waals surface area contributed by atoms with E-state index in [0.717, 1.165) is 43.4 Å². The van der Waals surface area contributed by atoms with Gasteiger partial charge in [-0.1, -0.05) is 13.8 Å². The van der Waals surface area contributed by atoms with Gasteiger partial charge in [0.1, 0.15) is 0 Å². The number of hydrogen-bond acceptors (Lipinski definition) is 4. The molecule has 0 saturated carbocycles. The summed E-state index contributed by atoms with van der Waals surface area (Å²) >= 11 is 0. The summed E-state index contributed by atoms with van der Waals surface area (Å²) in [6.45, 7) is 7.08. The van der Waals surface area contributed by atoms with Gasteiger partial charge in [-0.25, -0.2) is 17.2 Å². The Kier molecular flexibility index (Phi) is 5.42. The predicted molar refractivity (Wildman–Crippen MR) is 112 cm³/mol. The Morgan fingerprint density at radius 2 is 1.79 bits per heavy atom. The first-order chi connectivity index (χ1) is 13.7. The van der Waals surface area contributed by atoms with E-state index in [4.69, 9.17) is 0 Å². The quantitative estimate of drug-likeness (QED) is 0.768. The lowest BCUT2D eigenvalue weighted by Gasteiger charge is -2.34. The minimum absolute atomic E-state index is 0.0578. The van der Waals surface area contributed by atoms with Gasteiger partial charge in [-0.05, 0) is 54.7 Å². The summed E-state index contributed by atoms with van der Waals surface area (Å²) in [6.07, 6.45) is 7.61. The Bertz CT molecular complexity index is 998. The molecule has 29 heavy (non-hydrogen) atoms. The number of sulfonamides is 1. The van der Waals surface area contributed by atoms with Gasteiger partial charge < -0.3 is 4.90 Å². The van der Waals surface area contributed by atoms with E-state index >= 15 is 0 Å². The molecule has 0 aliphatic carbocycles. The summed E-state index contributed by atoms with van der Waals surface area (Å²) < 4.78 is 26.8. The maximum atomic E-state index is 13.2. The van der Waals surface area contributed by atoms with Gasteiger partial charge >= 0.3 is 0 Å². The van der Waals surface area contributed by atoms with Crippen LogP contribution in [0.15, 0.2) is 24.5 Å². The molecule has 0 N–H and O–H groups in total. The van der Waals surface area contributed by atoms with Crippen molar-refractivity contribution in [1.82, 2.24) is 18.8 Å². The van der Waals surface area contributed by atoms with E-state index < -0.39 is 10.0 Å². The highest BCUT2D eigenvalue weighted by atomic mass is 32.2. The minimum atomic E-state index is -3.13. The standard InChI is InChI=1S/C21H30N4O3S/c1-15-10-16(2)14-23(13-15)21(26)19-12-22-25-9-6-18(11-20(19)25)17-4-7-24(8-5-17)29(3,27)28/h6,9,11-12,15-17H,4-5,7-8,10,13-14H2,1-3H3. The molecule has 2 saturated heterocycles. The fraction of sp³-hybridized carbons (Fsp3) is 0.619. The van der Waals surface area contributed by atoms with Gasteiger partial charge in [-0.3, -0.25) is 4.79 Å². The molecule has 0 radical (unpaired) electrons. The van der Waals surface area contributed by atoms with Crippen LogP contribution in [0.5, 0.6) is 0 Å². The van der Waals surface area contributed by atoms with Crippen LogP contribution in [0, 0.1) is 11.8 Å². The normalized spacial score (nSPS) is 24.9. The van der Waals surface area contributed by atoms with Crippen LogP contribution in [0.2, 0.25) is 0 Å². The Morgan fingerprint density at radius 1 is 1.14 bits per heavy atom. The third-order valence-corrected chi connectivity index (χ3v) is 7.63. The van der Waals surface area contributed by atoms with Gasteiger partial charge in [-0.15, -0.1) is 0 Å². The number of nitrogens with zero attached hydrogens (tertiary/aromatic N) is 4. The number of amides is 1. The van der Waals surface area contributed by atoms with Crippen molar-refractivity contribution in [2.75, 3.05) is 32.4 Å². The zero-order chi connectivity index (χ0) is 20.8. The first-order valence-electron chi connectivity index (χ1n) is 10.4. The van der Waals surface area contributed by atoms with Crippen LogP contribution < -0.4 is 0 Å². The molecule has 158 valence electrons. The molecule has 2 aromatic heterocycles. The van der Waals surface area contributed by atoms with E-state index in [-0.39, 0.29) is 5.91 Å². The van der Waals surface area contributed by atoms with Crippen molar-refractivity contribution in [2.45, 2.75) is 39.0 Å². The van der Waals surface area contributed by atoms with Crippen LogP contribution in [-0.4, -0.2) is 65.6 Å². The molecule has 2 fully saturated rings. The van der Waals surface area contributed by atoms with Gasteiger partial charge in [0, 0.05) is 32.4 Å². The summed E-state index contributed by atoms with van der Waals surface area (Å²) in [7, 11) is -3.13. The Balaban J connectivity index is 1.56. The summed E-state index contributed by atoms with van der Waals surface area (Å²) in [5.41, 5.74) is 2.64. The smallest absolute Gasteiger partial charge is 0.257 e. The van der Waals surface area contributed by atoms with Crippen molar-refractivity contribution in [2.24, 2.45) is 11.8 Å². The number of carbonyl (C=O) groups is 1. The highest BCUT2D eigenvalue weighted by Gasteiger charge is 2.29. The molecule has 8 heteroatoms. The molecule has 0 spiro atoms. The predicted octanol–water partition coefficient (Wildman–Crippen LogP) is 2.59. The molecule has 4 rings (SSSR count). The van der Waals surface area contributed by atoms with Crippen molar-refractivity contribution >= 4 is 21.4 Å². The second-order valence-electron chi connectivity index (χ2n) is 8.94. The molecular formula is C21H30N4O3S. The highest BCUT2D eigenvalue weighted by Crippen LogP contribution is 2.31. The van der Waals surface area contributed by atoms with Crippen LogP contribution in [-0.2, 0) is 10.0 Å². The van der Waals surface area contributed by atoms with E-state index in [1.807, 2.05) is 17.2 Å². The SMILES string of the molecule is CC1CC(C)CN(C(=O)c2cnn3ccc(C4CCN(S(C)(=O)=O)CC4)cc23)C1. The van der Waals surface area contributed by atoms with Gasteiger partial charge in [0.25, 0.3) is 5.91 Å². The molecule has 2 aliphatic heterocycles. The maximum Gasteiger partial charge on any atom is 0.257 e. The number of pyridine rings is 1. The number of hydrogen-bond donors (Lipinski definition) is 0. The molecule has 2 atom stereocenters. The van der Waals surface area contributed by atoms with Crippen LogP contribution in [0.3, 0.4) is 0 Å². The monoisotopic (exact) mass is 418 g/mol. The van der Waals surface area contributed by atoms with Gasteiger partial charge in [0.15, 0.2) is 0 Å². The fourth-order valence-electron chi connectivity index (χ4n) is 4.94. The highest BCUT2D eigenvalue weighted by molar-refractivity contribution is 7.88. The van der Waals surface area contributed by atoms with Crippen molar-refractivity contribution in [3.63, 3.8) is 0 Å². The third kappa shape index (κ3) is 4.19. The van der Waals surface area contributed by atoms with Crippen LogP contribution in [0.1, 0.15) is 54.9 Å². The number of piperidine rings is 2. The fourth-order valence-corrected chi connectivity index (χ4v) is 5.81. The van der Waals surface area contributed by atoms with E-state index in [1.165, 1.54) is 6.26 Å². The molecule has 0 aromatic carbocycles. The third-order valence-electron chi connectivity index (χ3n) is 6.33. The average molecular weight is 419 g/mol. The van der Waals surface area contributed by atoms with Crippen molar-refractivity contribution < 1.29 is 13.2 Å². The van der Waals surface area contributed by atoms with Crippen molar-refractivity contribution in [1.29, 1.82) is 0 Å². The summed E-state index contributed by atoms with van der Waals surface area (Å²) in [5, 5.41) is 4.38. The minimum Gasteiger partial charge on any atom is -0.338 e. The van der Waals surface area contributed by atoms with Crippen LogP contribution >= 0.6 is 0 Å². The molecule has 0 bridgehead atoms. The first kappa shape index (κ1) is 20.3. The van der Waals surface area contributed by atoms with E-state index in [2.05, 4.69) is 25.0 Å². The average Bonchev–Trinajstić information content (AvgIpc) is 3.09. The Hall–Kier alpha value is -1.93. The number of rotatable bonds is 3. The first-order valence-corrected chi connectivity index (χ1v) is 12.3. The lowest BCUT2D eigenvalue weighted by atomic mass is 9.90. The second-order valence-corrected chi connectivity index (χ2v) is 10.9. The summed E-state index contributed by atoms with van der Waals surface area (Å²) in [5.74, 6) is 1.38. The zero-order valence-corrected chi connectivity index (χ0v) is 18.2. The summed E-state index contributed by atoms with van der Waals surface area (Å²) in [6, 6.07) is 4.11. The van der Waals surface area contributed by atoms with Crippen molar-refractivity contribution in [3.05, 3.63) is 35.7 Å². The molecule has 2 aliphatic rings. The van der Waals surface area contributed by atoms with E-state index in [1.54, 1.807) is 15.0 Å². The largest absolute Gasteiger partial charge is 0.338 e. The van der Waals surface area contributed by atoms with E-state index in [0.29, 0.717) is 36.4 Å². The molecule has 7 nitrogen and oxygen atoms in total. The molecule has 2 aromatic rings. The lowest BCUT2D eigenvalue weighted by Crippen LogP contribution is -2.42. The Morgan fingerprint density at radius 3 is 2.41 bits per heavy atom. The van der Waals surface area contributed by atoms with E-state index in [9.17, 15) is 13.2 Å². The van der Waals surface area contributed by atoms with Crippen LogP contribution in [0.4, 0.5) is 0 Å². The topological polar surface area (TPSA) is 75.0 Å². The van der Waals surface area contributed by atoms with Gasteiger partial charge in [-0.2, -0.15) is 5.10 Å². The van der Waals surface area contributed by atoms with Gasteiger partial charge in [0.05, 0.1) is 23.5 Å². The van der Waals surface area contributed by atoms with Crippen LogP contribution in [0.25, 0.3) is 5.52 Å². The molecule has 4 heterocycles. The van der Waals surface area contributed by atoms with Gasteiger partial charge in [0.2, 0.25) is 10.0 Å². The summed E-state index contributed by atoms with van der Waals surface area (Å²) in [4.78, 5) is 15.2. The maximum absolute atomic E-state index is 13.2. The molecule has 1 amide bonds. The number of carbonyl (C=O) groups excluding carboxylic acids is 1. The molecule has 2 unspecified atom stereocenters. The zero-order valence-electron chi connectivity index (χ0n) is 17.4. The Labute approximate surface area is 172 Å².